The van der Waals surface area contributed by atoms with E-state index in [0.29, 0.717) is 26.1 Å². The van der Waals surface area contributed by atoms with Gasteiger partial charge >= 0.3 is 6.09 Å². The van der Waals surface area contributed by atoms with Crippen LogP contribution < -0.4 is 4.90 Å². The van der Waals surface area contributed by atoms with Crippen LogP contribution >= 0.6 is 15.9 Å². The maximum Gasteiger partial charge on any atom is 0.410 e. The normalized spacial score (nSPS) is 24.2. The molecule has 1 aromatic heterocycles. The first-order chi connectivity index (χ1) is 17.5. The van der Waals surface area contributed by atoms with Crippen LogP contribution in [0.15, 0.2) is 53.1 Å². The Morgan fingerprint density at radius 2 is 1.97 bits per heavy atom. The molecule has 0 saturated carbocycles. The Labute approximate surface area is 218 Å². The molecule has 1 unspecified atom stereocenters. The number of anilines is 1. The van der Waals surface area contributed by atoms with Crippen molar-refractivity contribution in [3.8, 4) is 0 Å². The lowest BCUT2D eigenvalue weighted by Crippen LogP contribution is -2.38. The van der Waals surface area contributed by atoms with Crippen molar-refractivity contribution in [2.45, 2.75) is 44.9 Å². The maximum atomic E-state index is 13.6. The molecule has 2 amide bonds. The van der Waals surface area contributed by atoms with Gasteiger partial charge in [0.05, 0.1) is 10.9 Å². The highest BCUT2D eigenvalue weighted by Gasteiger charge is 2.52. The quantitative estimate of drug-likeness (QED) is 0.441. The fraction of sp³-hybridized carbons (Fsp3) is 0.444. The summed E-state index contributed by atoms with van der Waals surface area (Å²) in [5, 5.41) is 5.65. The number of ether oxygens (including phenoxy) is 2. The largest absolute Gasteiger partial charge is 0.445 e. The SMILES string of the molecule is O=C(OCc1ccccc1)N1CC[C@]2(CCN(c3ccc4c(c3)c(Br)nn4C3CCCCO3)C2=O)C1. The van der Waals surface area contributed by atoms with Crippen molar-refractivity contribution in [3.05, 3.63) is 58.7 Å². The van der Waals surface area contributed by atoms with Gasteiger partial charge in [-0.1, -0.05) is 30.3 Å². The number of likely N-dealkylation sites (tertiary alicyclic amines) is 1. The minimum atomic E-state index is -0.544. The van der Waals surface area contributed by atoms with Crippen LogP contribution in [0.1, 0.15) is 43.9 Å². The van der Waals surface area contributed by atoms with Crippen molar-refractivity contribution in [3.63, 3.8) is 0 Å². The number of hydrogen-bond acceptors (Lipinski definition) is 5. The minimum absolute atomic E-state index is 0.0544. The van der Waals surface area contributed by atoms with Crippen LogP contribution in [0.3, 0.4) is 0 Å². The number of carbonyl (C=O) groups excluding carboxylic acids is 2. The summed E-state index contributed by atoms with van der Waals surface area (Å²) in [6, 6.07) is 15.7. The first kappa shape index (κ1) is 23.5. The van der Waals surface area contributed by atoms with Crippen molar-refractivity contribution in [2.24, 2.45) is 5.41 Å². The number of carbonyl (C=O) groups is 2. The number of aromatic nitrogens is 2. The van der Waals surface area contributed by atoms with E-state index in [2.05, 4.69) is 21.0 Å². The number of hydrogen-bond donors (Lipinski definition) is 0. The summed E-state index contributed by atoms with van der Waals surface area (Å²) in [6.45, 7) is 2.56. The molecular weight excluding hydrogens is 524 g/mol. The van der Waals surface area contributed by atoms with Crippen molar-refractivity contribution in [1.29, 1.82) is 0 Å². The number of halogens is 1. The monoisotopic (exact) mass is 552 g/mol. The van der Waals surface area contributed by atoms with E-state index in [1.165, 1.54) is 0 Å². The smallest absolute Gasteiger partial charge is 0.410 e. The molecule has 3 saturated heterocycles. The zero-order valence-electron chi connectivity index (χ0n) is 20.1. The molecule has 8 nitrogen and oxygen atoms in total. The second-order valence-electron chi connectivity index (χ2n) is 9.96. The van der Waals surface area contributed by atoms with E-state index in [-0.39, 0.29) is 24.8 Å². The third-order valence-electron chi connectivity index (χ3n) is 7.71. The summed E-state index contributed by atoms with van der Waals surface area (Å²) < 4.78 is 14.2. The summed E-state index contributed by atoms with van der Waals surface area (Å²) in [7, 11) is 0. The third-order valence-corrected chi connectivity index (χ3v) is 8.30. The van der Waals surface area contributed by atoms with E-state index in [9.17, 15) is 9.59 Å². The van der Waals surface area contributed by atoms with Crippen LogP contribution in [0.5, 0.6) is 0 Å². The molecule has 0 bridgehead atoms. The summed E-state index contributed by atoms with van der Waals surface area (Å²) in [6.07, 6.45) is 4.13. The molecule has 4 heterocycles. The van der Waals surface area contributed by atoms with E-state index >= 15 is 0 Å². The first-order valence-corrected chi connectivity index (χ1v) is 13.4. The molecule has 3 fully saturated rings. The predicted molar refractivity (Wildman–Crippen MR) is 138 cm³/mol. The molecule has 3 aromatic rings. The van der Waals surface area contributed by atoms with E-state index in [0.717, 1.165) is 59.0 Å². The van der Waals surface area contributed by atoms with Crippen molar-refractivity contribution < 1.29 is 19.1 Å². The lowest BCUT2D eigenvalue weighted by molar-refractivity contribution is -0.124. The van der Waals surface area contributed by atoms with Gasteiger partial charge in [-0.2, -0.15) is 5.10 Å². The minimum Gasteiger partial charge on any atom is -0.445 e. The topological polar surface area (TPSA) is 76.9 Å². The Balaban J connectivity index is 1.15. The lowest BCUT2D eigenvalue weighted by atomic mass is 9.85. The van der Waals surface area contributed by atoms with Gasteiger partial charge in [0.1, 0.15) is 11.2 Å². The fourth-order valence-electron chi connectivity index (χ4n) is 5.68. The van der Waals surface area contributed by atoms with Gasteiger partial charge < -0.3 is 19.3 Å². The molecule has 2 atom stereocenters. The van der Waals surface area contributed by atoms with Crippen LogP contribution in [-0.4, -0.2) is 52.9 Å². The van der Waals surface area contributed by atoms with E-state index < -0.39 is 5.41 Å². The lowest BCUT2D eigenvalue weighted by Gasteiger charge is -2.24. The zero-order valence-corrected chi connectivity index (χ0v) is 21.7. The Kier molecular flexibility index (Phi) is 6.21. The Morgan fingerprint density at radius 3 is 2.78 bits per heavy atom. The van der Waals surface area contributed by atoms with Crippen LogP contribution in [0.2, 0.25) is 0 Å². The molecule has 0 N–H and O–H groups in total. The number of nitrogens with zero attached hydrogens (tertiary/aromatic N) is 4. The van der Waals surface area contributed by atoms with Gasteiger partial charge in [0, 0.05) is 37.3 Å². The fourth-order valence-corrected chi connectivity index (χ4v) is 6.17. The maximum absolute atomic E-state index is 13.6. The summed E-state index contributed by atoms with van der Waals surface area (Å²) in [5.41, 5.74) is 2.26. The second kappa shape index (κ2) is 9.52. The van der Waals surface area contributed by atoms with Gasteiger partial charge in [0.25, 0.3) is 0 Å². The number of amides is 2. The molecule has 6 rings (SSSR count). The second-order valence-corrected chi connectivity index (χ2v) is 10.7. The highest BCUT2D eigenvalue weighted by Crippen LogP contribution is 2.43. The van der Waals surface area contributed by atoms with Gasteiger partial charge in [-0.15, -0.1) is 0 Å². The molecule has 2 aromatic carbocycles. The molecule has 188 valence electrons. The molecule has 0 aliphatic carbocycles. The molecule has 0 radical (unpaired) electrons. The van der Waals surface area contributed by atoms with Crippen LogP contribution in [-0.2, 0) is 20.9 Å². The molecule has 3 aliphatic heterocycles. The molecule has 9 heteroatoms. The molecule has 3 aliphatic rings. The summed E-state index contributed by atoms with van der Waals surface area (Å²) in [4.78, 5) is 29.9. The third kappa shape index (κ3) is 4.18. The van der Waals surface area contributed by atoms with E-state index in [1.807, 2.05) is 58.1 Å². The van der Waals surface area contributed by atoms with Gasteiger partial charge in [-0.05, 0) is 71.8 Å². The Hall–Kier alpha value is -2.91. The van der Waals surface area contributed by atoms with Crippen LogP contribution in [0.25, 0.3) is 10.9 Å². The average Bonchev–Trinajstić information content (AvgIpc) is 3.60. The summed E-state index contributed by atoms with van der Waals surface area (Å²) >= 11 is 3.61. The molecule has 36 heavy (non-hydrogen) atoms. The predicted octanol–water partition coefficient (Wildman–Crippen LogP) is 5.26. The van der Waals surface area contributed by atoms with Crippen molar-refractivity contribution >= 4 is 44.5 Å². The van der Waals surface area contributed by atoms with Crippen LogP contribution in [0.4, 0.5) is 10.5 Å². The molecule has 1 spiro atoms. The van der Waals surface area contributed by atoms with Crippen LogP contribution in [0, 0.1) is 5.41 Å². The van der Waals surface area contributed by atoms with Gasteiger partial charge in [-0.25, -0.2) is 9.48 Å². The molecular formula is C27H29BrN4O4. The standard InChI is InChI=1S/C27H29BrN4O4/c28-24-21-16-20(9-10-22(21)32(29-24)23-8-4-5-15-35-23)31-14-12-27(25(31)33)11-13-30(18-27)26(34)36-17-19-6-2-1-3-7-19/h1-3,6-7,9-10,16,23H,4-5,8,11-15,17-18H2/t23?,27-/m0/s1. The Bertz CT molecular complexity index is 1290. The van der Waals surface area contributed by atoms with E-state index in [1.54, 1.807) is 4.90 Å². The summed E-state index contributed by atoms with van der Waals surface area (Å²) in [5.74, 6) is 0.0827. The number of benzene rings is 2. The number of rotatable bonds is 4. The average molecular weight is 553 g/mol. The Morgan fingerprint density at radius 1 is 1.14 bits per heavy atom. The highest BCUT2D eigenvalue weighted by atomic mass is 79.9. The van der Waals surface area contributed by atoms with E-state index in [4.69, 9.17) is 9.47 Å². The van der Waals surface area contributed by atoms with Gasteiger partial charge in [0.2, 0.25) is 5.91 Å². The number of fused-ring (bicyclic) bond motifs is 1. The highest BCUT2D eigenvalue weighted by molar-refractivity contribution is 9.10. The van der Waals surface area contributed by atoms with Crippen molar-refractivity contribution in [1.82, 2.24) is 14.7 Å². The zero-order chi connectivity index (χ0) is 24.7. The first-order valence-electron chi connectivity index (χ1n) is 12.6. The van der Waals surface area contributed by atoms with Crippen molar-refractivity contribution in [2.75, 3.05) is 31.1 Å². The van der Waals surface area contributed by atoms with Gasteiger partial charge in [0.15, 0.2) is 6.23 Å². The van der Waals surface area contributed by atoms with Gasteiger partial charge in [-0.3, -0.25) is 4.79 Å².